The Morgan fingerprint density at radius 2 is 1.69 bits per heavy atom. The Bertz CT molecular complexity index is 337. The number of benzene rings is 1. The Hall–Kier alpha value is -1.80. The van der Waals surface area contributed by atoms with Crippen LogP contribution < -0.4 is 0 Å². The van der Waals surface area contributed by atoms with Crippen molar-refractivity contribution >= 4 is 0 Å². The van der Waals surface area contributed by atoms with Gasteiger partial charge in [0.25, 0.3) is 0 Å². The fraction of sp³-hybridized carbons (Fsp3) is 0.273. The Balaban J connectivity index is 2.71. The molecule has 0 aromatic heterocycles. The van der Waals surface area contributed by atoms with Crippen molar-refractivity contribution in [3.05, 3.63) is 35.4 Å². The van der Waals surface area contributed by atoms with Gasteiger partial charge in [0.2, 0.25) is 0 Å². The van der Waals surface area contributed by atoms with Crippen LogP contribution in [0.2, 0.25) is 0 Å². The van der Waals surface area contributed by atoms with Gasteiger partial charge in [-0.3, -0.25) is 0 Å². The molecule has 1 rings (SSSR count). The highest BCUT2D eigenvalue weighted by molar-refractivity contribution is 5.23. The first-order chi connectivity index (χ1) is 6.26. The second-order valence-corrected chi connectivity index (χ2v) is 3.00. The molecule has 0 aliphatic heterocycles. The maximum absolute atomic E-state index is 8.57. The van der Waals surface area contributed by atoms with Crippen molar-refractivity contribution in [2.24, 2.45) is 5.92 Å². The molecule has 0 N–H and O–H groups in total. The number of rotatable bonds is 2. The molecular weight excluding hydrogens is 160 g/mol. The molecule has 2 nitrogen and oxygen atoms in total. The van der Waals surface area contributed by atoms with Gasteiger partial charge in [-0.15, -0.1) is 0 Å². The van der Waals surface area contributed by atoms with E-state index in [9.17, 15) is 0 Å². The fourth-order valence-electron chi connectivity index (χ4n) is 1.08. The van der Waals surface area contributed by atoms with E-state index >= 15 is 0 Å². The van der Waals surface area contributed by atoms with E-state index in [1.807, 2.05) is 43.3 Å². The van der Waals surface area contributed by atoms with Crippen molar-refractivity contribution in [1.82, 2.24) is 0 Å². The molecule has 0 unspecified atom stereocenters. The molecule has 0 aliphatic carbocycles. The van der Waals surface area contributed by atoms with Crippen LogP contribution in [0.3, 0.4) is 0 Å². The second-order valence-electron chi connectivity index (χ2n) is 3.00. The van der Waals surface area contributed by atoms with Crippen LogP contribution in [0.1, 0.15) is 11.1 Å². The Morgan fingerprint density at radius 3 is 2.15 bits per heavy atom. The van der Waals surface area contributed by atoms with Gasteiger partial charge in [-0.05, 0) is 12.5 Å². The standard InChI is InChI=1S/C11H10N2/c1-9-2-4-10(5-3-9)6-11(7-12)8-13/h2-5,11H,6H2,1H3. The molecule has 0 spiro atoms. The van der Waals surface area contributed by atoms with Crippen LogP contribution in [-0.2, 0) is 6.42 Å². The van der Waals surface area contributed by atoms with Gasteiger partial charge in [0, 0.05) is 6.42 Å². The monoisotopic (exact) mass is 170 g/mol. The van der Waals surface area contributed by atoms with Crippen molar-refractivity contribution in [2.75, 3.05) is 0 Å². The molecule has 0 amide bonds. The highest BCUT2D eigenvalue weighted by Crippen LogP contribution is 2.08. The predicted molar refractivity (Wildman–Crippen MR) is 49.6 cm³/mol. The third kappa shape index (κ3) is 2.61. The number of nitriles is 2. The molecular formula is C11H10N2. The molecule has 0 fully saturated rings. The van der Waals surface area contributed by atoms with Gasteiger partial charge < -0.3 is 0 Å². The first kappa shape index (κ1) is 9.29. The number of hydrogen-bond acceptors (Lipinski definition) is 2. The van der Waals surface area contributed by atoms with Crippen LogP contribution in [0.4, 0.5) is 0 Å². The molecule has 0 bridgehead atoms. The van der Waals surface area contributed by atoms with E-state index in [-0.39, 0.29) is 0 Å². The summed E-state index contributed by atoms with van der Waals surface area (Å²) in [5, 5.41) is 17.1. The van der Waals surface area contributed by atoms with Crippen LogP contribution in [-0.4, -0.2) is 0 Å². The smallest absolute Gasteiger partial charge is 0.137 e. The zero-order valence-corrected chi connectivity index (χ0v) is 7.49. The van der Waals surface area contributed by atoms with E-state index in [4.69, 9.17) is 10.5 Å². The molecule has 0 aliphatic rings. The van der Waals surface area contributed by atoms with E-state index in [1.165, 1.54) is 5.56 Å². The van der Waals surface area contributed by atoms with Gasteiger partial charge in [0.05, 0.1) is 12.1 Å². The van der Waals surface area contributed by atoms with E-state index in [2.05, 4.69) is 0 Å². The van der Waals surface area contributed by atoms with E-state index in [1.54, 1.807) is 0 Å². The minimum Gasteiger partial charge on any atom is -0.197 e. The predicted octanol–water partition coefficient (Wildman–Crippen LogP) is 2.20. The normalized spacial score (nSPS) is 9.23. The fourth-order valence-corrected chi connectivity index (χ4v) is 1.08. The van der Waals surface area contributed by atoms with Gasteiger partial charge in [-0.25, -0.2) is 0 Å². The maximum atomic E-state index is 8.57. The number of hydrogen-bond donors (Lipinski definition) is 0. The zero-order valence-electron chi connectivity index (χ0n) is 7.49. The summed E-state index contributed by atoms with van der Waals surface area (Å²) >= 11 is 0. The summed E-state index contributed by atoms with van der Waals surface area (Å²) in [6.07, 6.45) is 0.521. The molecule has 1 aromatic carbocycles. The van der Waals surface area contributed by atoms with Gasteiger partial charge >= 0.3 is 0 Å². The van der Waals surface area contributed by atoms with Crippen LogP contribution >= 0.6 is 0 Å². The lowest BCUT2D eigenvalue weighted by molar-refractivity contribution is 0.833. The van der Waals surface area contributed by atoms with Crippen LogP contribution in [0, 0.1) is 35.5 Å². The molecule has 0 radical (unpaired) electrons. The first-order valence-electron chi connectivity index (χ1n) is 4.11. The first-order valence-corrected chi connectivity index (χ1v) is 4.11. The summed E-state index contributed by atoms with van der Waals surface area (Å²) in [7, 11) is 0. The average Bonchev–Trinajstić information content (AvgIpc) is 2.17. The largest absolute Gasteiger partial charge is 0.197 e. The highest BCUT2D eigenvalue weighted by atomic mass is 14.3. The van der Waals surface area contributed by atoms with E-state index in [0.717, 1.165) is 5.56 Å². The van der Waals surface area contributed by atoms with Crippen LogP contribution in [0.5, 0.6) is 0 Å². The Labute approximate surface area is 78.0 Å². The second kappa shape index (κ2) is 4.28. The summed E-state index contributed by atoms with van der Waals surface area (Å²) in [5.74, 6) is -0.525. The lowest BCUT2D eigenvalue weighted by atomic mass is 10.0. The topological polar surface area (TPSA) is 47.6 Å². The van der Waals surface area contributed by atoms with E-state index in [0.29, 0.717) is 6.42 Å². The quantitative estimate of drug-likeness (QED) is 0.683. The van der Waals surface area contributed by atoms with Gasteiger partial charge in [0.15, 0.2) is 0 Å². The summed E-state index contributed by atoms with van der Waals surface area (Å²) in [6.45, 7) is 2.01. The van der Waals surface area contributed by atoms with Crippen molar-refractivity contribution in [1.29, 1.82) is 10.5 Å². The molecule has 64 valence electrons. The lowest BCUT2D eigenvalue weighted by Crippen LogP contribution is -1.97. The molecule has 1 aromatic rings. The van der Waals surface area contributed by atoms with Gasteiger partial charge in [0.1, 0.15) is 5.92 Å². The lowest BCUT2D eigenvalue weighted by Gasteiger charge is -2.00. The van der Waals surface area contributed by atoms with Gasteiger partial charge in [-0.1, -0.05) is 29.8 Å². The van der Waals surface area contributed by atoms with Crippen LogP contribution in [0.25, 0.3) is 0 Å². The van der Waals surface area contributed by atoms with E-state index < -0.39 is 5.92 Å². The average molecular weight is 170 g/mol. The summed E-state index contributed by atoms with van der Waals surface area (Å²) in [4.78, 5) is 0. The molecule has 0 saturated heterocycles. The molecule has 0 atom stereocenters. The van der Waals surface area contributed by atoms with Crippen molar-refractivity contribution in [2.45, 2.75) is 13.3 Å². The van der Waals surface area contributed by atoms with Crippen LogP contribution in [0.15, 0.2) is 24.3 Å². The maximum Gasteiger partial charge on any atom is 0.137 e. The van der Waals surface area contributed by atoms with Crippen molar-refractivity contribution in [3.8, 4) is 12.1 Å². The molecule has 0 saturated carbocycles. The molecule has 0 heterocycles. The highest BCUT2D eigenvalue weighted by Gasteiger charge is 2.05. The SMILES string of the molecule is Cc1ccc(CC(C#N)C#N)cc1. The summed E-state index contributed by atoms with van der Waals surface area (Å²) in [6, 6.07) is 11.8. The molecule has 2 heteroatoms. The van der Waals surface area contributed by atoms with Gasteiger partial charge in [-0.2, -0.15) is 10.5 Å². The third-order valence-electron chi connectivity index (χ3n) is 1.87. The third-order valence-corrected chi connectivity index (χ3v) is 1.87. The van der Waals surface area contributed by atoms with Crippen molar-refractivity contribution < 1.29 is 0 Å². The molecule has 13 heavy (non-hydrogen) atoms. The summed E-state index contributed by atoms with van der Waals surface area (Å²) < 4.78 is 0. The number of nitrogens with zero attached hydrogens (tertiary/aromatic N) is 2. The Kier molecular flexibility index (Phi) is 3.06. The minimum atomic E-state index is -0.525. The summed E-state index contributed by atoms with van der Waals surface area (Å²) in [5.41, 5.74) is 2.23. The number of aryl methyl sites for hydroxylation is 1. The minimum absolute atomic E-state index is 0.521. The van der Waals surface area contributed by atoms with Crippen molar-refractivity contribution in [3.63, 3.8) is 0 Å². The Morgan fingerprint density at radius 1 is 1.15 bits per heavy atom. The zero-order chi connectivity index (χ0) is 9.68.